The Hall–Kier alpha value is -1.43. The van der Waals surface area contributed by atoms with Crippen molar-refractivity contribution in [3.63, 3.8) is 0 Å². The number of carboxylic acids is 1. The van der Waals surface area contributed by atoms with Gasteiger partial charge >= 0.3 is 5.97 Å². The molecule has 0 fully saturated rings. The van der Waals surface area contributed by atoms with E-state index in [0.29, 0.717) is 24.1 Å². The molecule has 1 N–H and O–H groups in total. The van der Waals surface area contributed by atoms with Crippen molar-refractivity contribution in [1.82, 2.24) is 10.1 Å². The van der Waals surface area contributed by atoms with Gasteiger partial charge in [0.25, 0.3) is 0 Å². The van der Waals surface area contributed by atoms with Crippen LogP contribution in [0.3, 0.4) is 0 Å². The minimum absolute atomic E-state index is 0.0507. The monoisotopic (exact) mass is 228 g/mol. The molecule has 6 heteroatoms. The van der Waals surface area contributed by atoms with Gasteiger partial charge in [-0.1, -0.05) is 19.0 Å². The molecule has 0 aromatic carbocycles. The molecule has 0 aliphatic rings. The minimum atomic E-state index is -1.01. The first kappa shape index (κ1) is 12.6. The summed E-state index contributed by atoms with van der Waals surface area (Å²) in [7, 11) is 0. The van der Waals surface area contributed by atoms with Gasteiger partial charge in [-0.2, -0.15) is 4.98 Å². The Kier molecular flexibility index (Phi) is 4.42. The zero-order valence-corrected chi connectivity index (χ0v) is 9.64. The molecular weight excluding hydrogens is 212 g/mol. The fourth-order valence-corrected chi connectivity index (χ4v) is 1.05. The Morgan fingerprint density at radius 3 is 2.75 bits per heavy atom. The molecule has 1 heterocycles. The first-order valence-corrected chi connectivity index (χ1v) is 5.15. The summed E-state index contributed by atoms with van der Waals surface area (Å²) in [6, 6.07) is 0. The predicted octanol–water partition coefficient (Wildman–Crippen LogP) is 1.26. The molecule has 1 aromatic rings. The minimum Gasteiger partial charge on any atom is -0.479 e. The largest absolute Gasteiger partial charge is 0.479 e. The van der Waals surface area contributed by atoms with Crippen LogP contribution in [0.25, 0.3) is 0 Å². The van der Waals surface area contributed by atoms with E-state index in [4.69, 9.17) is 14.4 Å². The summed E-state index contributed by atoms with van der Waals surface area (Å²) in [5.74, 6) is 0.360. The van der Waals surface area contributed by atoms with E-state index >= 15 is 0 Å². The SMILES string of the molecule is CC(C)Cc1nc(CO[C@H](C)C(=O)O)no1. The summed E-state index contributed by atoms with van der Waals surface area (Å²) >= 11 is 0. The lowest BCUT2D eigenvalue weighted by Crippen LogP contribution is -2.19. The second-order valence-electron chi connectivity index (χ2n) is 3.99. The van der Waals surface area contributed by atoms with Crippen LogP contribution in [0.1, 0.15) is 32.5 Å². The molecule has 1 rings (SSSR count). The van der Waals surface area contributed by atoms with Gasteiger partial charge < -0.3 is 14.4 Å². The van der Waals surface area contributed by atoms with Crippen molar-refractivity contribution < 1.29 is 19.2 Å². The maximum Gasteiger partial charge on any atom is 0.332 e. The highest BCUT2D eigenvalue weighted by Crippen LogP contribution is 2.06. The number of aliphatic carboxylic acids is 1. The van der Waals surface area contributed by atoms with E-state index in [9.17, 15) is 4.79 Å². The van der Waals surface area contributed by atoms with Crippen molar-refractivity contribution in [2.75, 3.05) is 0 Å². The number of carboxylic acid groups (broad SMARTS) is 1. The van der Waals surface area contributed by atoms with Crippen LogP contribution in [-0.2, 0) is 22.6 Å². The Bertz CT molecular complexity index is 348. The zero-order valence-electron chi connectivity index (χ0n) is 9.64. The maximum atomic E-state index is 10.5. The van der Waals surface area contributed by atoms with Gasteiger partial charge in [-0.25, -0.2) is 4.79 Å². The molecule has 0 saturated heterocycles. The first-order chi connectivity index (χ1) is 7.49. The van der Waals surface area contributed by atoms with Gasteiger partial charge in [-0.05, 0) is 12.8 Å². The van der Waals surface area contributed by atoms with E-state index in [1.165, 1.54) is 6.92 Å². The fourth-order valence-electron chi connectivity index (χ4n) is 1.05. The van der Waals surface area contributed by atoms with Crippen molar-refractivity contribution in [2.24, 2.45) is 5.92 Å². The summed E-state index contributed by atoms with van der Waals surface area (Å²) in [6.45, 7) is 5.60. The molecule has 0 aliphatic carbocycles. The summed E-state index contributed by atoms with van der Waals surface area (Å²) < 4.78 is 10.0. The highest BCUT2D eigenvalue weighted by atomic mass is 16.5. The molecule has 1 atom stereocenters. The van der Waals surface area contributed by atoms with E-state index in [0.717, 1.165) is 0 Å². The molecule has 0 spiro atoms. The number of rotatable bonds is 6. The summed E-state index contributed by atoms with van der Waals surface area (Å²) in [5, 5.41) is 12.3. The normalized spacial score (nSPS) is 13.0. The number of nitrogens with zero attached hydrogens (tertiary/aromatic N) is 2. The molecule has 0 bridgehead atoms. The topological polar surface area (TPSA) is 85.5 Å². The molecule has 6 nitrogen and oxygen atoms in total. The molecule has 0 saturated carbocycles. The number of hydrogen-bond donors (Lipinski definition) is 1. The Morgan fingerprint density at radius 1 is 1.50 bits per heavy atom. The van der Waals surface area contributed by atoms with Gasteiger partial charge in [0.05, 0.1) is 0 Å². The number of carbonyl (C=O) groups is 1. The summed E-state index contributed by atoms with van der Waals surface area (Å²) in [5.41, 5.74) is 0. The van der Waals surface area contributed by atoms with Crippen LogP contribution in [-0.4, -0.2) is 27.3 Å². The highest BCUT2D eigenvalue weighted by molar-refractivity contribution is 5.71. The van der Waals surface area contributed by atoms with E-state index in [-0.39, 0.29) is 6.61 Å². The number of ether oxygens (including phenoxy) is 1. The molecule has 0 radical (unpaired) electrons. The second kappa shape index (κ2) is 5.60. The van der Waals surface area contributed by atoms with Gasteiger partial charge in [0.2, 0.25) is 5.89 Å². The first-order valence-electron chi connectivity index (χ1n) is 5.15. The maximum absolute atomic E-state index is 10.5. The molecule has 1 aromatic heterocycles. The lowest BCUT2D eigenvalue weighted by molar-refractivity contribution is -0.150. The molecule has 90 valence electrons. The van der Waals surface area contributed by atoms with Crippen molar-refractivity contribution in [3.05, 3.63) is 11.7 Å². The third kappa shape index (κ3) is 3.98. The lowest BCUT2D eigenvalue weighted by atomic mass is 10.1. The van der Waals surface area contributed by atoms with Gasteiger partial charge in [0, 0.05) is 6.42 Å². The van der Waals surface area contributed by atoms with Crippen molar-refractivity contribution >= 4 is 5.97 Å². The predicted molar refractivity (Wildman–Crippen MR) is 54.7 cm³/mol. The Labute approximate surface area is 93.6 Å². The average molecular weight is 228 g/mol. The van der Waals surface area contributed by atoms with E-state index in [2.05, 4.69) is 10.1 Å². The van der Waals surface area contributed by atoms with Crippen molar-refractivity contribution in [3.8, 4) is 0 Å². The quantitative estimate of drug-likeness (QED) is 0.788. The molecule has 0 aliphatic heterocycles. The fraction of sp³-hybridized carbons (Fsp3) is 0.700. The smallest absolute Gasteiger partial charge is 0.332 e. The molecular formula is C10H16N2O4. The van der Waals surface area contributed by atoms with Crippen LogP contribution in [0.15, 0.2) is 4.52 Å². The van der Waals surface area contributed by atoms with Crippen molar-refractivity contribution in [1.29, 1.82) is 0 Å². The van der Waals surface area contributed by atoms with Crippen LogP contribution >= 0.6 is 0 Å². The highest BCUT2D eigenvalue weighted by Gasteiger charge is 2.13. The van der Waals surface area contributed by atoms with E-state index in [1.807, 2.05) is 13.8 Å². The van der Waals surface area contributed by atoms with Crippen LogP contribution in [0.2, 0.25) is 0 Å². The van der Waals surface area contributed by atoms with Gasteiger partial charge in [0.15, 0.2) is 11.9 Å². The molecule has 0 unspecified atom stereocenters. The third-order valence-corrected chi connectivity index (χ3v) is 1.90. The van der Waals surface area contributed by atoms with Gasteiger partial charge in [-0.3, -0.25) is 0 Å². The van der Waals surface area contributed by atoms with E-state index < -0.39 is 12.1 Å². The number of hydrogen-bond acceptors (Lipinski definition) is 5. The standard InChI is InChI=1S/C10H16N2O4/c1-6(2)4-9-11-8(12-16-9)5-15-7(3)10(13)14/h6-7H,4-5H2,1-3H3,(H,13,14)/t7-/m1/s1. The number of aromatic nitrogens is 2. The lowest BCUT2D eigenvalue weighted by Gasteiger charge is -2.04. The summed E-state index contributed by atoms with van der Waals surface area (Å²) in [4.78, 5) is 14.6. The van der Waals surface area contributed by atoms with Crippen molar-refractivity contribution in [2.45, 2.75) is 39.9 Å². The average Bonchev–Trinajstić information content (AvgIpc) is 2.60. The van der Waals surface area contributed by atoms with Gasteiger partial charge in [-0.15, -0.1) is 0 Å². The molecule has 0 amide bonds. The van der Waals surface area contributed by atoms with Crippen LogP contribution in [0.5, 0.6) is 0 Å². The Morgan fingerprint density at radius 2 is 2.19 bits per heavy atom. The van der Waals surface area contributed by atoms with Gasteiger partial charge in [0.1, 0.15) is 6.61 Å². The third-order valence-electron chi connectivity index (χ3n) is 1.90. The summed E-state index contributed by atoms with van der Waals surface area (Å²) in [6.07, 6.45) is -0.159. The molecule has 16 heavy (non-hydrogen) atoms. The van der Waals surface area contributed by atoms with Crippen LogP contribution in [0, 0.1) is 5.92 Å². The zero-order chi connectivity index (χ0) is 12.1. The van der Waals surface area contributed by atoms with Crippen LogP contribution < -0.4 is 0 Å². The van der Waals surface area contributed by atoms with E-state index in [1.54, 1.807) is 0 Å². The Balaban J connectivity index is 2.43. The second-order valence-corrected chi connectivity index (χ2v) is 3.99. The van der Waals surface area contributed by atoms with Crippen LogP contribution in [0.4, 0.5) is 0 Å².